The molecular weight excluding hydrogens is 505 g/mol. The monoisotopic (exact) mass is 537 g/mol. The van der Waals surface area contributed by atoms with Crippen molar-refractivity contribution >= 4 is 25.5 Å². The van der Waals surface area contributed by atoms with Crippen LogP contribution in [-0.4, -0.2) is 68.9 Å². The molecule has 0 aliphatic rings. The highest BCUT2D eigenvalue weighted by Crippen LogP contribution is 2.47. The zero-order chi connectivity index (χ0) is 27.3. The van der Waals surface area contributed by atoms with Gasteiger partial charge in [-0.15, -0.1) is 0 Å². The van der Waals surface area contributed by atoms with Gasteiger partial charge in [-0.05, 0) is 37.5 Å². The molecule has 0 bridgehead atoms. The van der Waals surface area contributed by atoms with Crippen molar-refractivity contribution in [2.45, 2.75) is 26.3 Å². The second kappa shape index (κ2) is 15.1. The summed E-state index contributed by atoms with van der Waals surface area (Å²) >= 11 is 0. The van der Waals surface area contributed by atoms with Crippen LogP contribution in [-0.2, 0) is 43.9 Å². The average molecular weight is 538 g/mol. The van der Waals surface area contributed by atoms with Crippen LogP contribution < -0.4 is 10.1 Å². The number of hydrogen-bond donors (Lipinski definition) is 2. The summed E-state index contributed by atoms with van der Waals surface area (Å²) in [7, 11) is -2.61. The molecule has 2 aromatic carbocycles. The van der Waals surface area contributed by atoms with E-state index in [1.54, 1.807) is 26.0 Å². The molecule has 11 nitrogen and oxygen atoms in total. The van der Waals surface area contributed by atoms with Gasteiger partial charge >= 0.3 is 25.5 Å². The van der Waals surface area contributed by atoms with Crippen LogP contribution in [0.2, 0.25) is 0 Å². The van der Waals surface area contributed by atoms with Crippen LogP contribution in [0, 0.1) is 0 Å². The van der Waals surface area contributed by atoms with E-state index in [1.807, 2.05) is 36.4 Å². The summed E-state index contributed by atoms with van der Waals surface area (Å²) in [5.74, 6) is -2.23. The quantitative estimate of drug-likeness (QED) is 0.240. The van der Waals surface area contributed by atoms with Gasteiger partial charge in [-0.3, -0.25) is 23.7 Å². The molecule has 0 unspecified atom stereocenters. The van der Waals surface area contributed by atoms with Gasteiger partial charge in [0.05, 0.1) is 26.6 Å². The molecule has 0 fully saturated rings. The number of benzene rings is 2. The van der Waals surface area contributed by atoms with Crippen molar-refractivity contribution in [2.75, 3.05) is 39.8 Å². The Morgan fingerprint density at radius 2 is 1.54 bits per heavy atom. The third-order valence-electron chi connectivity index (χ3n) is 4.99. The van der Waals surface area contributed by atoms with E-state index in [2.05, 4.69) is 5.32 Å². The summed E-state index contributed by atoms with van der Waals surface area (Å²) < 4.78 is 38.4. The smallest absolute Gasteiger partial charge is 0.345 e. The van der Waals surface area contributed by atoms with Crippen LogP contribution in [0.3, 0.4) is 0 Å². The molecular formula is C25H32NO10P. The zero-order valence-corrected chi connectivity index (χ0v) is 21.9. The molecule has 0 saturated heterocycles. The van der Waals surface area contributed by atoms with Crippen molar-refractivity contribution in [1.29, 1.82) is 0 Å². The lowest BCUT2D eigenvalue weighted by atomic mass is 9.99. The Balaban J connectivity index is 2.14. The predicted molar refractivity (Wildman–Crippen MR) is 134 cm³/mol. The Morgan fingerprint density at radius 3 is 2.05 bits per heavy atom. The zero-order valence-electron chi connectivity index (χ0n) is 21.0. The highest BCUT2D eigenvalue weighted by Gasteiger charge is 2.30. The molecule has 2 rings (SSSR count). The van der Waals surface area contributed by atoms with Gasteiger partial charge in [0.25, 0.3) is 0 Å². The lowest BCUT2D eigenvalue weighted by Crippen LogP contribution is -2.39. The normalized spacial score (nSPS) is 12.0. The van der Waals surface area contributed by atoms with Crippen LogP contribution in [0.5, 0.6) is 5.75 Å². The molecule has 0 saturated carbocycles. The van der Waals surface area contributed by atoms with Crippen LogP contribution in [0.1, 0.15) is 19.4 Å². The number of nitrogens with one attached hydrogen (secondary N) is 1. The number of esters is 2. The maximum atomic E-state index is 13.2. The lowest BCUT2D eigenvalue weighted by Gasteiger charge is -2.21. The number of carbonyl (C=O) groups is 3. The highest BCUT2D eigenvalue weighted by molar-refractivity contribution is 7.53. The highest BCUT2D eigenvalue weighted by atomic mass is 31.2. The van der Waals surface area contributed by atoms with Gasteiger partial charge in [0.2, 0.25) is 0 Å². The predicted octanol–water partition coefficient (Wildman–Crippen LogP) is 3.26. The Morgan fingerprint density at radius 1 is 0.946 bits per heavy atom. The molecule has 0 spiro atoms. The van der Waals surface area contributed by atoms with Crippen molar-refractivity contribution in [2.24, 2.45) is 0 Å². The largest absolute Gasteiger partial charge is 0.496 e. The van der Waals surface area contributed by atoms with Crippen molar-refractivity contribution in [3.8, 4) is 16.9 Å². The van der Waals surface area contributed by atoms with E-state index in [9.17, 15) is 24.1 Å². The number of hydrogen-bond acceptors (Lipinski definition) is 10. The molecule has 0 aliphatic heterocycles. The topological polar surface area (TPSA) is 147 Å². The van der Waals surface area contributed by atoms with Crippen molar-refractivity contribution < 1.29 is 47.3 Å². The fraction of sp³-hybridized carbons (Fsp3) is 0.400. The molecule has 12 heteroatoms. The van der Waals surface area contributed by atoms with Crippen molar-refractivity contribution in [1.82, 2.24) is 5.32 Å². The van der Waals surface area contributed by atoms with E-state index in [0.717, 1.165) is 11.1 Å². The number of carbonyl (C=O) groups excluding carboxylic acids is 2. The lowest BCUT2D eigenvalue weighted by molar-refractivity contribution is -0.146. The first-order chi connectivity index (χ1) is 17.7. The molecule has 2 N–H and O–H groups in total. The third-order valence-corrected chi connectivity index (χ3v) is 6.60. The van der Waals surface area contributed by atoms with Gasteiger partial charge in [0, 0.05) is 5.56 Å². The van der Waals surface area contributed by atoms with Crippen molar-refractivity contribution in [3.05, 3.63) is 54.1 Å². The molecule has 1 atom stereocenters. The van der Waals surface area contributed by atoms with E-state index in [0.29, 0.717) is 11.3 Å². The van der Waals surface area contributed by atoms with Crippen LogP contribution in [0.25, 0.3) is 11.1 Å². The van der Waals surface area contributed by atoms with Gasteiger partial charge in [-0.2, -0.15) is 0 Å². The molecule has 202 valence electrons. The van der Waals surface area contributed by atoms with E-state index >= 15 is 0 Å². The minimum Gasteiger partial charge on any atom is -0.496 e. The molecule has 0 aliphatic carbocycles. The average Bonchev–Trinajstić information content (AvgIpc) is 2.89. The molecule has 0 aromatic heterocycles. The molecule has 0 amide bonds. The molecule has 37 heavy (non-hydrogen) atoms. The van der Waals surface area contributed by atoms with Gasteiger partial charge in [-0.1, -0.05) is 42.5 Å². The first kappa shape index (κ1) is 30.0. The van der Waals surface area contributed by atoms with E-state index in [1.165, 1.54) is 7.11 Å². The number of carboxylic acid groups (broad SMARTS) is 1. The summed E-state index contributed by atoms with van der Waals surface area (Å²) in [5.41, 5.74) is 2.43. The third kappa shape index (κ3) is 9.97. The van der Waals surface area contributed by atoms with Gasteiger partial charge in [0.15, 0.2) is 13.2 Å². The number of carboxylic acids is 1. The summed E-state index contributed by atoms with van der Waals surface area (Å²) in [6.07, 6.45) is -0.571. The summed E-state index contributed by atoms with van der Waals surface area (Å²) in [5, 5.41) is 12.4. The Hall–Kier alpha value is -3.24. The maximum absolute atomic E-state index is 13.2. The summed E-state index contributed by atoms with van der Waals surface area (Å²) in [6.45, 7) is 1.95. The Labute approximate surface area is 215 Å². The molecule has 0 radical (unpaired) electrons. The van der Waals surface area contributed by atoms with Crippen molar-refractivity contribution in [3.63, 3.8) is 0 Å². The van der Waals surface area contributed by atoms with E-state index in [-0.39, 0.29) is 19.6 Å². The van der Waals surface area contributed by atoms with Crippen LogP contribution >= 0.6 is 7.60 Å². The van der Waals surface area contributed by atoms with E-state index < -0.39 is 51.0 Å². The fourth-order valence-electron chi connectivity index (χ4n) is 3.26. The minimum absolute atomic E-state index is 0.0104. The number of methoxy groups -OCH3 is 1. The van der Waals surface area contributed by atoms with Gasteiger partial charge in [-0.25, -0.2) is 9.59 Å². The number of aliphatic carboxylic acids is 1. The molecule has 2 aromatic rings. The first-order valence-electron chi connectivity index (χ1n) is 11.6. The second-order valence-corrected chi connectivity index (χ2v) is 9.68. The first-order valence-corrected chi connectivity index (χ1v) is 13.3. The van der Waals surface area contributed by atoms with Crippen LogP contribution in [0.15, 0.2) is 48.5 Å². The Kier molecular flexibility index (Phi) is 12.2. The minimum atomic E-state index is -4.14. The van der Waals surface area contributed by atoms with Gasteiger partial charge in [0.1, 0.15) is 11.8 Å². The number of ether oxygens (including phenoxy) is 3. The van der Waals surface area contributed by atoms with Gasteiger partial charge < -0.3 is 19.3 Å². The standard InChI is InChI=1S/C25H32NO10P/c1-4-33-23(27)15-35-37(31,36-16-24(28)34-5-2)17-26-21(25(29)30)13-18-11-12-20(22(14-18)32-3)19-9-7-6-8-10-19/h6-12,14,21,26H,4-5,13,15-17H2,1-3H3,(H,29,30)/t21-/m0/s1. The fourth-order valence-corrected chi connectivity index (χ4v) is 4.56. The maximum Gasteiger partial charge on any atom is 0.345 e. The summed E-state index contributed by atoms with van der Waals surface area (Å²) in [6, 6.07) is 13.7. The summed E-state index contributed by atoms with van der Waals surface area (Å²) in [4.78, 5) is 35.3. The SMILES string of the molecule is CCOC(=O)COP(=O)(CN[C@@H](Cc1ccc(-c2ccccc2)c(OC)c1)C(=O)O)OCC(=O)OCC. The molecule has 0 heterocycles. The van der Waals surface area contributed by atoms with Crippen LogP contribution in [0.4, 0.5) is 0 Å². The second-order valence-electron chi connectivity index (χ2n) is 7.63. The Bertz CT molecular complexity index is 1070. The number of rotatable bonds is 16. The van der Waals surface area contributed by atoms with E-state index in [4.69, 9.17) is 23.3 Å².